The quantitative estimate of drug-likeness (QED) is 0.214. The van der Waals surface area contributed by atoms with Gasteiger partial charge in [-0.05, 0) is 37.5 Å². The maximum atomic E-state index is 12.9. The van der Waals surface area contributed by atoms with Crippen LogP contribution in [0, 0.1) is 0 Å². The maximum absolute atomic E-state index is 12.9. The van der Waals surface area contributed by atoms with Gasteiger partial charge in [0.2, 0.25) is 0 Å². The van der Waals surface area contributed by atoms with Gasteiger partial charge in [0.1, 0.15) is 5.75 Å². The molecule has 1 unspecified atom stereocenters. The minimum Gasteiger partial charge on any atom is -0.508 e. The van der Waals surface area contributed by atoms with Crippen LogP contribution in [0.2, 0.25) is 0 Å². The molecule has 1 rings (SSSR count). The summed E-state index contributed by atoms with van der Waals surface area (Å²) < 4.78 is 5.67. The number of phenols is 1. The minimum atomic E-state index is -0.637. The predicted molar refractivity (Wildman–Crippen MR) is 122 cm³/mol. The van der Waals surface area contributed by atoms with E-state index in [2.05, 4.69) is 13.8 Å². The van der Waals surface area contributed by atoms with Gasteiger partial charge in [-0.25, -0.2) is 0 Å². The van der Waals surface area contributed by atoms with Crippen molar-refractivity contribution in [1.29, 1.82) is 0 Å². The van der Waals surface area contributed by atoms with Crippen molar-refractivity contribution < 1.29 is 14.6 Å². The van der Waals surface area contributed by atoms with E-state index in [1.807, 2.05) is 19.1 Å². The van der Waals surface area contributed by atoms with Crippen molar-refractivity contribution in [2.24, 2.45) is 0 Å². The largest absolute Gasteiger partial charge is 0.508 e. The summed E-state index contributed by atoms with van der Waals surface area (Å²) in [7, 11) is 0. The number of carbonyl (C=O) groups is 1. The third-order valence-corrected chi connectivity index (χ3v) is 5.97. The Balaban J connectivity index is 2.25. The molecule has 1 aromatic carbocycles. The Morgan fingerprint density at radius 3 is 1.79 bits per heavy atom. The van der Waals surface area contributed by atoms with Gasteiger partial charge in [0.15, 0.2) is 0 Å². The van der Waals surface area contributed by atoms with Crippen LogP contribution in [0.1, 0.15) is 116 Å². The second-order valence-electron chi connectivity index (χ2n) is 8.65. The van der Waals surface area contributed by atoms with Crippen LogP contribution in [-0.4, -0.2) is 17.7 Å². The number of hydrogen-bond acceptors (Lipinski definition) is 3. The fraction of sp³-hybridized carbons (Fsp3) is 0.731. The molecule has 0 bridgehead atoms. The van der Waals surface area contributed by atoms with Gasteiger partial charge < -0.3 is 9.84 Å². The number of phenolic OH excluding ortho intramolecular Hbond substituents is 1. The topological polar surface area (TPSA) is 46.5 Å². The Morgan fingerprint density at radius 2 is 1.28 bits per heavy atom. The van der Waals surface area contributed by atoms with Crippen molar-refractivity contribution in [3.8, 4) is 5.75 Å². The highest BCUT2D eigenvalue weighted by atomic mass is 16.5. The molecule has 0 saturated heterocycles. The van der Waals surface area contributed by atoms with Gasteiger partial charge in [-0.3, -0.25) is 4.79 Å². The predicted octanol–water partition coefficient (Wildman–Crippen LogP) is 7.69. The van der Waals surface area contributed by atoms with E-state index < -0.39 is 5.41 Å². The smallest absolute Gasteiger partial charge is 0.316 e. The normalized spacial score (nSPS) is 13.2. The van der Waals surface area contributed by atoms with Crippen LogP contribution in [0.4, 0.5) is 0 Å². The van der Waals surface area contributed by atoms with Crippen LogP contribution in [0.5, 0.6) is 5.75 Å². The molecule has 0 aromatic heterocycles. The maximum Gasteiger partial charge on any atom is 0.316 e. The fourth-order valence-electron chi connectivity index (χ4n) is 3.81. The fourth-order valence-corrected chi connectivity index (χ4v) is 3.81. The molecule has 0 aliphatic carbocycles. The Hall–Kier alpha value is -1.51. The summed E-state index contributed by atoms with van der Waals surface area (Å²) in [6, 6.07) is 6.98. The lowest BCUT2D eigenvalue weighted by atomic mass is 9.78. The van der Waals surface area contributed by atoms with E-state index in [9.17, 15) is 9.90 Å². The monoisotopic (exact) mass is 404 g/mol. The molecule has 0 saturated carbocycles. The highest BCUT2D eigenvalue weighted by Crippen LogP contribution is 2.32. The first-order chi connectivity index (χ1) is 14.0. The van der Waals surface area contributed by atoms with Gasteiger partial charge in [-0.15, -0.1) is 0 Å². The summed E-state index contributed by atoms with van der Waals surface area (Å²) in [5, 5.41) is 9.55. The van der Waals surface area contributed by atoms with Gasteiger partial charge in [-0.2, -0.15) is 0 Å². The van der Waals surface area contributed by atoms with E-state index in [0.29, 0.717) is 6.61 Å². The zero-order chi connectivity index (χ0) is 21.4. The van der Waals surface area contributed by atoms with E-state index >= 15 is 0 Å². The van der Waals surface area contributed by atoms with Crippen molar-refractivity contribution in [2.45, 2.75) is 116 Å². The van der Waals surface area contributed by atoms with E-state index in [1.54, 1.807) is 12.1 Å². The number of benzene rings is 1. The number of ether oxygens (including phenoxy) is 1. The van der Waals surface area contributed by atoms with Gasteiger partial charge in [0, 0.05) is 0 Å². The molecule has 0 heterocycles. The molecular formula is C26H44O3. The number of carbonyl (C=O) groups excluding carboxylic acids is 1. The molecule has 1 aromatic rings. The standard InChI is InChI=1S/C26H44O3/c1-4-6-8-9-10-11-12-13-14-15-16-22-29-25(28)26(3,21-7-5-2)23-17-19-24(27)20-18-23/h17-20,27H,4-16,21-22H2,1-3H3. The molecule has 0 radical (unpaired) electrons. The molecule has 0 amide bonds. The van der Waals surface area contributed by atoms with Gasteiger partial charge in [0.25, 0.3) is 0 Å². The lowest BCUT2D eigenvalue weighted by Crippen LogP contribution is -2.34. The average Bonchev–Trinajstić information content (AvgIpc) is 2.73. The van der Waals surface area contributed by atoms with Crippen LogP contribution < -0.4 is 0 Å². The first-order valence-electron chi connectivity index (χ1n) is 12.0. The number of unbranched alkanes of at least 4 members (excludes halogenated alkanes) is 11. The van der Waals surface area contributed by atoms with Crippen molar-refractivity contribution in [3.05, 3.63) is 29.8 Å². The molecule has 0 fully saturated rings. The molecule has 29 heavy (non-hydrogen) atoms. The number of aromatic hydroxyl groups is 1. The Kier molecular flexibility index (Phi) is 13.5. The third-order valence-electron chi connectivity index (χ3n) is 5.97. The summed E-state index contributed by atoms with van der Waals surface area (Å²) in [6.07, 6.45) is 17.0. The molecular weight excluding hydrogens is 360 g/mol. The van der Waals surface area contributed by atoms with E-state index in [4.69, 9.17) is 4.74 Å². The van der Waals surface area contributed by atoms with Crippen molar-refractivity contribution in [2.75, 3.05) is 6.61 Å². The van der Waals surface area contributed by atoms with Crippen LogP contribution in [0.3, 0.4) is 0 Å². The molecule has 3 heteroatoms. The zero-order valence-corrected chi connectivity index (χ0v) is 19.2. The van der Waals surface area contributed by atoms with E-state index in [1.165, 1.54) is 57.8 Å². The van der Waals surface area contributed by atoms with Gasteiger partial charge in [-0.1, -0.05) is 103 Å². The highest BCUT2D eigenvalue weighted by Gasteiger charge is 2.36. The molecule has 0 spiro atoms. The molecule has 0 aliphatic heterocycles. The zero-order valence-electron chi connectivity index (χ0n) is 19.2. The lowest BCUT2D eigenvalue weighted by molar-refractivity contribution is -0.150. The van der Waals surface area contributed by atoms with Crippen LogP contribution in [-0.2, 0) is 14.9 Å². The lowest BCUT2D eigenvalue weighted by Gasteiger charge is -2.28. The first kappa shape index (κ1) is 25.5. The summed E-state index contributed by atoms with van der Waals surface area (Å²) in [6.45, 7) is 6.87. The van der Waals surface area contributed by atoms with E-state index in [-0.39, 0.29) is 11.7 Å². The van der Waals surface area contributed by atoms with Crippen LogP contribution >= 0.6 is 0 Å². The molecule has 166 valence electrons. The Bertz CT molecular complexity index is 537. The van der Waals surface area contributed by atoms with E-state index in [0.717, 1.165) is 37.7 Å². The average molecular weight is 405 g/mol. The van der Waals surface area contributed by atoms with Gasteiger partial charge >= 0.3 is 5.97 Å². The van der Waals surface area contributed by atoms with Crippen molar-refractivity contribution in [1.82, 2.24) is 0 Å². The van der Waals surface area contributed by atoms with Crippen molar-refractivity contribution in [3.63, 3.8) is 0 Å². The first-order valence-corrected chi connectivity index (χ1v) is 12.0. The molecule has 3 nitrogen and oxygen atoms in total. The number of hydrogen-bond donors (Lipinski definition) is 1. The Morgan fingerprint density at radius 1 is 0.793 bits per heavy atom. The van der Waals surface area contributed by atoms with Crippen LogP contribution in [0.25, 0.3) is 0 Å². The SMILES string of the molecule is CCCCCCCCCCCCCOC(=O)C(C)(CCCC)c1ccc(O)cc1. The van der Waals surface area contributed by atoms with Gasteiger partial charge in [0.05, 0.1) is 12.0 Å². The minimum absolute atomic E-state index is 0.135. The summed E-state index contributed by atoms with van der Waals surface area (Å²) >= 11 is 0. The third kappa shape index (κ3) is 10.2. The summed E-state index contributed by atoms with van der Waals surface area (Å²) in [5.74, 6) is 0.0876. The van der Waals surface area contributed by atoms with Crippen LogP contribution in [0.15, 0.2) is 24.3 Å². The summed E-state index contributed by atoms with van der Waals surface area (Å²) in [5.41, 5.74) is 0.286. The molecule has 1 atom stereocenters. The molecule has 0 aliphatic rings. The highest BCUT2D eigenvalue weighted by molar-refractivity contribution is 5.82. The second-order valence-corrected chi connectivity index (χ2v) is 8.65. The second kappa shape index (κ2) is 15.3. The Labute approximate surface area is 179 Å². The molecule has 1 N–H and O–H groups in total. The summed E-state index contributed by atoms with van der Waals surface area (Å²) in [4.78, 5) is 12.9. The van der Waals surface area contributed by atoms with Crippen molar-refractivity contribution >= 4 is 5.97 Å². The number of esters is 1. The number of rotatable bonds is 17.